The predicted molar refractivity (Wildman–Crippen MR) is 95.8 cm³/mol. The van der Waals surface area contributed by atoms with Crippen molar-refractivity contribution in [2.24, 2.45) is 0 Å². The molecule has 0 radical (unpaired) electrons. The lowest BCUT2D eigenvalue weighted by molar-refractivity contribution is 0.00578. The molecule has 7 heteroatoms. The van der Waals surface area contributed by atoms with E-state index >= 15 is 0 Å². The van der Waals surface area contributed by atoms with Crippen LogP contribution in [0, 0.1) is 0 Å². The number of nitrogens with one attached hydrogen (secondary N) is 1. The Bertz CT molecular complexity index is 655. The minimum atomic E-state index is -1.05. The van der Waals surface area contributed by atoms with E-state index in [0.29, 0.717) is 12.1 Å². The number of carboxylic acids is 1. The van der Waals surface area contributed by atoms with Crippen LogP contribution in [0.5, 0.6) is 0 Å². The zero-order valence-electron chi connectivity index (χ0n) is 14.8. The van der Waals surface area contributed by atoms with E-state index in [-0.39, 0.29) is 11.3 Å². The van der Waals surface area contributed by atoms with Crippen molar-refractivity contribution in [2.75, 3.05) is 19.3 Å². The maximum Gasteiger partial charge on any atom is 0.491 e. The summed E-state index contributed by atoms with van der Waals surface area (Å²) in [5, 5.41) is 12.3. The average Bonchev–Trinajstić information content (AvgIpc) is 2.68. The summed E-state index contributed by atoms with van der Waals surface area (Å²) in [5.74, 6) is -1.05. The number of carbonyl (C=O) groups is 1. The minimum Gasteiger partial charge on any atom is -0.478 e. The van der Waals surface area contributed by atoms with E-state index in [1.165, 1.54) is 6.07 Å². The maximum absolute atomic E-state index is 11.2. The molecule has 2 rings (SSSR count). The molecule has 1 aromatic carbocycles. The number of hydrogen-bond donors (Lipinski definition) is 3. The van der Waals surface area contributed by atoms with Crippen LogP contribution in [-0.4, -0.2) is 43.0 Å². The Morgan fingerprint density at radius 1 is 1.29 bits per heavy atom. The molecule has 1 saturated heterocycles. The highest BCUT2D eigenvalue weighted by Gasteiger charge is 2.52. The standard InChI is InChI=1S/C17H25BN2O4/c1-16(2)17(3,4)24-18(23-16)12(10-20-5)9-11-7-6-8-13(14(11)19)15(21)22/h6-9,20H,10,19H2,1-5H3,(H,21,22). The van der Waals surface area contributed by atoms with Crippen molar-refractivity contribution in [3.63, 3.8) is 0 Å². The summed E-state index contributed by atoms with van der Waals surface area (Å²) in [4.78, 5) is 11.2. The Labute approximate surface area is 143 Å². The zero-order chi connectivity index (χ0) is 18.1. The van der Waals surface area contributed by atoms with E-state index in [1.54, 1.807) is 12.1 Å². The smallest absolute Gasteiger partial charge is 0.478 e. The van der Waals surface area contributed by atoms with Crippen molar-refractivity contribution in [1.29, 1.82) is 0 Å². The fraction of sp³-hybridized carbons (Fsp3) is 0.471. The third-order valence-corrected chi connectivity index (χ3v) is 4.65. The van der Waals surface area contributed by atoms with E-state index < -0.39 is 24.3 Å². The second-order valence-corrected chi connectivity index (χ2v) is 6.95. The molecule has 0 unspecified atom stereocenters. The number of rotatable bonds is 5. The van der Waals surface area contributed by atoms with Gasteiger partial charge in [0.25, 0.3) is 0 Å². The first-order valence-electron chi connectivity index (χ1n) is 7.91. The van der Waals surface area contributed by atoms with Gasteiger partial charge in [-0.15, -0.1) is 0 Å². The number of aromatic carboxylic acids is 1. The van der Waals surface area contributed by atoms with Crippen LogP contribution in [-0.2, 0) is 9.31 Å². The SMILES string of the molecule is CNCC(=Cc1cccc(C(=O)O)c1N)B1OC(C)(C)C(C)(C)O1. The first-order valence-corrected chi connectivity index (χ1v) is 7.91. The van der Waals surface area contributed by atoms with Crippen LogP contribution < -0.4 is 11.1 Å². The molecule has 0 bridgehead atoms. The summed E-state index contributed by atoms with van der Waals surface area (Å²) in [6, 6.07) is 4.94. The normalized spacial score (nSPS) is 19.5. The van der Waals surface area contributed by atoms with E-state index in [9.17, 15) is 9.90 Å². The van der Waals surface area contributed by atoms with Crippen molar-refractivity contribution in [3.8, 4) is 0 Å². The largest absolute Gasteiger partial charge is 0.491 e. The molecule has 1 aromatic rings. The summed E-state index contributed by atoms with van der Waals surface area (Å²) in [5.41, 5.74) is 6.92. The lowest BCUT2D eigenvalue weighted by atomic mass is 9.76. The number of carboxylic acid groups (broad SMARTS) is 1. The molecule has 0 aromatic heterocycles. The van der Waals surface area contributed by atoms with Gasteiger partial charge >= 0.3 is 13.1 Å². The molecular weight excluding hydrogens is 307 g/mol. The Morgan fingerprint density at radius 2 is 1.88 bits per heavy atom. The van der Waals surface area contributed by atoms with Gasteiger partial charge in [-0.25, -0.2) is 4.79 Å². The maximum atomic E-state index is 11.2. The lowest BCUT2D eigenvalue weighted by Gasteiger charge is -2.32. The first kappa shape index (κ1) is 18.5. The molecule has 0 saturated carbocycles. The molecule has 0 atom stereocenters. The molecule has 6 nitrogen and oxygen atoms in total. The van der Waals surface area contributed by atoms with Gasteiger partial charge in [-0.3, -0.25) is 0 Å². The first-order chi connectivity index (χ1) is 11.1. The average molecular weight is 332 g/mol. The van der Waals surface area contributed by atoms with Gasteiger partial charge in [-0.2, -0.15) is 0 Å². The fourth-order valence-corrected chi connectivity index (χ4v) is 2.50. The van der Waals surface area contributed by atoms with Crippen molar-refractivity contribution in [3.05, 3.63) is 34.8 Å². The predicted octanol–water partition coefficient (Wildman–Crippen LogP) is 2.20. The summed E-state index contributed by atoms with van der Waals surface area (Å²) >= 11 is 0. The van der Waals surface area contributed by atoms with Crippen molar-refractivity contribution in [1.82, 2.24) is 5.32 Å². The number of benzene rings is 1. The minimum absolute atomic E-state index is 0.0847. The lowest BCUT2D eigenvalue weighted by Crippen LogP contribution is -2.41. The van der Waals surface area contributed by atoms with E-state index in [1.807, 2.05) is 40.8 Å². The Balaban J connectivity index is 2.41. The molecule has 1 aliphatic heterocycles. The van der Waals surface area contributed by atoms with Gasteiger partial charge in [0.15, 0.2) is 0 Å². The van der Waals surface area contributed by atoms with E-state index in [2.05, 4.69) is 5.32 Å². The fourth-order valence-electron chi connectivity index (χ4n) is 2.50. The van der Waals surface area contributed by atoms with Gasteiger partial charge in [0, 0.05) is 6.54 Å². The van der Waals surface area contributed by atoms with Gasteiger partial charge in [0.1, 0.15) is 0 Å². The topological polar surface area (TPSA) is 93.8 Å². The van der Waals surface area contributed by atoms with Gasteiger partial charge in [-0.1, -0.05) is 18.2 Å². The van der Waals surface area contributed by atoms with Crippen LogP contribution in [0.15, 0.2) is 23.7 Å². The molecule has 1 fully saturated rings. The second kappa shape index (κ2) is 6.59. The molecule has 0 aliphatic carbocycles. The van der Waals surface area contributed by atoms with E-state index in [0.717, 1.165) is 5.47 Å². The van der Waals surface area contributed by atoms with Gasteiger partial charge < -0.3 is 25.5 Å². The zero-order valence-corrected chi connectivity index (χ0v) is 14.8. The van der Waals surface area contributed by atoms with Crippen LogP contribution in [0.2, 0.25) is 0 Å². The Hall–Kier alpha value is -1.83. The number of anilines is 1. The van der Waals surface area contributed by atoms with Crippen LogP contribution >= 0.6 is 0 Å². The van der Waals surface area contributed by atoms with Gasteiger partial charge in [0.05, 0.1) is 22.5 Å². The summed E-state index contributed by atoms with van der Waals surface area (Å²) in [7, 11) is 1.31. The highest BCUT2D eigenvalue weighted by Crippen LogP contribution is 2.39. The number of nitrogen functional groups attached to an aromatic ring is 1. The summed E-state index contributed by atoms with van der Waals surface area (Å²) in [6.07, 6.45) is 1.83. The van der Waals surface area contributed by atoms with Crippen LogP contribution in [0.4, 0.5) is 5.69 Å². The molecule has 1 heterocycles. The van der Waals surface area contributed by atoms with E-state index in [4.69, 9.17) is 15.0 Å². The highest BCUT2D eigenvalue weighted by molar-refractivity contribution is 6.56. The summed E-state index contributed by atoms with van der Waals surface area (Å²) < 4.78 is 12.2. The number of hydrogen-bond acceptors (Lipinski definition) is 5. The number of nitrogens with two attached hydrogens (primary N) is 1. The molecule has 130 valence electrons. The molecular formula is C17H25BN2O4. The van der Waals surface area contributed by atoms with Gasteiger partial charge in [-0.05, 0) is 51.8 Å². The third-order valence-electron chi connectivity index (χ3n) is 4.65. The molecule has 24 heavy (non-hydrogen) atoms. The van der Waals surface area contributed by atoms with Crippen LogP contribution in [0.25, 0.3) is 6.08 Å². The number of likely N-dealkylation sites (N-methyl/N-ethyl adjacent to an activating group) is 1. The van der Waals surface area contributed by atoms with Crippen molar-refractivity contribution in [2.45, 2.75) is 38.9 Å². The molecule has 1 aliphatic rings. The third kappa shape index (κ3) is 3.48. The second-order valence-electron chi connectivity index (χ2n) is 6.95. The monoisotopic (exact) mass is 332 g/mol. The summed E-state index contributed by atoms with van der Waals surface area (Å²) in [6.45, 7) is 8.49. The highest BCUT2D eigenvalue weighted by atomic mass is 16.7. The molecule has 0 spiro atoms. The van der Waals surface area contributed by atoms with Crippen molar-refractivity contribution >= 4 is 24.9 Å². The van der Waals surface area contributed by atoms with Gasteiger partial charge in [0.2, 0.25) is 0 Å². The van der Waals surface area contributed by atoms with Crippen molar-refractivity contribution < 1.29 is 19.2 Å². The van der Waals surface area contributed by atoms with Crippen LogP contribution in [0.3, 0.4) is 0 Å². The number of para-hydroxylation sites is 1. The van der Waals surface area contributed by atoms with Crippen LogP contribution in [0.1, 0.15) is 43.6 Å². The quantitative estimate of drug-likeness (QED) is 0.565. The molecule has 0 amide bonds. The Morgan fingerprint density at radius 3 is 2.38 bits per heavy atom. The molecule has 4 N–H and O–H groups in total. The Kier molecular flexibility index (Phi) is 5.08.